The van der Waals surface area contributed by atoms with Crippen LogP contribution in [0.4, 0.5) is 0 Å². The number of benzene rings is 1. The molecule has 1 aromatic rings. The van der Waals surface area contributed by atoms with Crippen molar-refractivity contribution in [1.82, 2.24) is 0 Å². The van der Waals surface area contributed by atoms with Crippen molar-refractivity contribution in [2.24, 2.45) is 4.40 Å². The van der Waals surface area contributed by atoms with Gasteiger partial charge in [0.05, 0.1) is 11.3 Å². The van der Waals surface area contributed by atoms with Gasteiger partial charge >= 0.3 is 0 Å². The van der Waals surface area contributed by atoms with E-state index in [0.29, 0.717) is 0 Å². The van der Waals surface area contributed by atoms with Gasteiger partial charge in [0.1, 0.15) is 0 Å². The molecule has 0 fully saturated rings. The predicted octanol–water partition coefficient (Wildman–Crippen LogP) is 1.56. The van der Waals surface area contributed by atoms with Gasteiger partial charge in [-0.1, -0.05) is 36.4 Å². The number of hydrogen-bond acceptors (Lipinski definition) is 2. The molecule has 1 rings (SSSR count). The van der Waals surface area contributed by atoms with Crippen LogP contribution in [0.15, 0.2) is 40.8 Å². The van der Waals surface area contributed by atoms with Crippen molar-refractivity contribution in [2.75, 3.05) is 0 Å². The van der Waals surface area contributed by atoms with Crippen molar-refractivity contribution in [3.63, 3.8) is 0 Å². The molecule has 0 heterocycles. The van der Waals surface area contributed by atoms with Crippen LogP contribution >= 0.6 is 0 Å². The van der Waals surface area contributed by atoms with Gasteiger partial charge in [0.2, 0.25) is 0 Å². The lowest BCUT2D eigenvalue weighted by Crippen LogP contribution is -1.78. The molecule has 0 saturated carbocycles. The Morgan fingerprint density at radius 3 is 2.62 bits per heavy atom. The number of allylic oxidation sites excluding steroid dienone is 1. The highest BCUT2D eigenvalue weighted by Crippen LogP contribution is 1.99. The van der Waals surface area contributed by atoms with Crippen LogP contribution in [0.2, 0.25) is 0 Å². The van der Waals surface area contributed by atoms with Crippen LogP contribution in [0.25, 0.3) is 6.08 Å². The minimum Gasteiger partial charge on any atom is -0.754 e. The maximum Gasteiger partial charge on any atom is 0.0676 e. The van der Waals surface area contributed by atoms with Gasteiger partial charge in [-0.3, -0.25) is 4.21 Å². The normalized spacial score (nSPS) is 13.9. The minimum atomic E-state index is -2.36. The largest absolute Gasteiger partial charge is 0.754 e. The third-order valence-electron chi connectivity index (χ3n) is 1.32. The monoisotopic (exact) mass is 194 g/mol. The quantitative estimate of drug-likeness (QED) is 0.541. The van der Waals surface area contributed by atoms with E-state index in [2.05, 4.69) is 4.40 Å². The number of rotatable bonds is 3. The zero-order valence-corrected chi connectivity index (χ0v) is 7.61. The van der Waals surface area contributed by atoms with Crippen LogP contribution in [0, 0.1) is 0 Å². The van der Waals surface area contributed by atoms with Gasteiger partial charge in [-0.25, -0.2) is 4.40 Å². The van der Waals surface area contributed by atoms with Crippen molar-refractivity contribution in [3.8, 4) is 0 Å². The summed E-state index contributed by atoms with van der Waals surface area (Å²) in [4.78, 5) is 0. The lowest BCUT2D eigenvalue weighted by atomic mass is 10.2. The van der Waals surface area contributed by atoms with Crippen LogP contribution in [-0.2, 0) is 11.3 Å². The van der Waals surface area contributed by atoms with Crippen molar-refractivity contribution in [3.05, 3.63) is 42.0 Å². The molecular formula is C9H8NO2S-. The molecule has 3 nitrogen and oxygen atoms in total. The van der Waals surface area contributed by atoms with Gasteiger partial charge in [-0.15, -0.1) is 0 Å². The first-order valence-electron chi connectivity index (χ1n) is 3.64. The Hall–Kier alpha value is -1.26. The smallest absolute Gasteiger partial charge is 0.0676 e. The second-order valence-electron chi connectivity index (χ2n) is 2.24. The zero-order chi connectivity index (χ0) is 9.52. The van der Waals surface area contributed by atoms with E-state index in [1.165, 1.54) is 6.21 Å². The molecule has 0 aliphatic heterocycles. The van der Waals surface area contributed by atoms with Gasteiger partial charge < -0.3 is 4.55 Å². The van der Waals surface area contributed by atoms with E-state index in [-0.39, 0.29) is 0 Å². The summed E-state index contributed by atoms with van der Waals surface area (Å²) in [7, 11) is 0. The van der Waals surface area contributed by atoms with Crippen molar-refractivity contribution >= 4 is 23.6 Å². The topological polar surface area (TPSA) is 52.5 Å². The first kappa shape index (κ1) is 9.83. The van der Waals surface area contributed by atoms with E-state index in [0.717, 1.165) is 5.56 Å². The highest BCUT2D eigenvalue weighted by molar-refractivity contribution is 7.77. The highest BCUT2D eigenvalue weighted by Gasteiger charge is 1.79. The lowest BCUT2D eigenvalue weighted by Gasteiger charge is -1.91. The average molecular weight is 194 g/mol. The minimum absolute atomic E-state index is 1.01. The molecule has 1 atom stereocenters. The van der Waals surface area contributed by atoms with E-state index in [1.807, 2.05) is 30.3 Å². The molecule has 0 aliphatic rings. The van der Waals surface area contributed by atoms with Crippen molar-refractivity contribution < 1.29 is 8.76 Å². The predicted molar refractivity (Wildman–Crippen MR) is 52.9 cm³/mol. The van der Waals surface area contributed by atoms with Crippen LogP contribution in [0.5, 0.6) is 0 Å². The Balaban J connectivity index is 2.55. The number of hydrogen-bond donors (Lipinski definition) is 0. The van der Waals surface area contributed by atoms with Gasteiger partial charge in [-0.05, 0) is 11.6 Å². The Labute approximate surface area is 79.2 Å². The molecule has 0 bridgehead atoms. The first-order valence-corrected chi connectivity index (χ1v) is 4.67. The lowest BCUT2D eigenvalue weighted by molar-refractivity contribution is 0.539. The molecule has 13 heavy (non-hydrogen) atoms. The SMILES string of the molecule is O=S([O-])N=CC=Cc1ccccc1. The van der Waals surface area contributed by atoms with E-state index in [1.54, 1.807) is 12.2 Å². The Morgan fingerprint density at radius 1 is 1.31 bits per heavy atom. The van der Waals surface area contributed by atoms with Crippen molar-refractivity contribution in [2.45, 2.75) is 0 Å². The molecule has 0 aromatic heterocycles. The summed E-state index contributed by atoms with van der Waals surface area (Å²) in [5.41, 5.74) is 1.01. The molecule has 0 aliphatic carbocycles. The third kappa shape index (κ3) is 4.35. The summed E-state index contributed by atoms with van der Waals surface area (Å²) in [6.07, 6.45) is 4.58. The van der Waals surface area contributed by atoms with E-state index in [9.17, 15) is 8.76 Å². The maximum atomic E-state index is 9.98. The maximum absolute atomic E-state index is 9.98. The Morgan fingerprint density at radius 2 is 2.00 bits per heavy atom. The second-order valence-corrected chi connectivity index (χ2v) is 2.89. The molecule has 0 spiro atoms. The van der Waals surface area contributed by atoms with Gasteiger partial charge in [0, 0.05) is 6.21 Å². The van der Waals surface area contributed by atoms with Crippen molar-refractivity contribution in [1.29, 1.82) is 0 Å². The van der Waals surface area contributed by atoms with Crippen LogP contribution in [0.1, 0.15) is 5.56 Å². The summed E-state index contributed by atoms with van der Waals surface area (Å²) in [5.74, 6) is 0. The first-order chi connectivity index (χ1) is 6.29. The van der Waals surface area contributed by atoms with Crippen LogP contribution < -0.4 is 0 Å². The molecule has 4 heteroatoms. The fraction of sp³-hybridized carbons (Fsp3) is 0. The summed E-state index contributed by atoms with van der Waals surface area (Å²) in [5, 5.41) is 0. The molecule has 68 valence electrons. The summed E-state index contributed by atoms with van der Waals surface area (Å²) in [6.45, 7) is 0. The fourth-order valence-electron chi connectivity index (χ4n) is 0.803. The average Bonchev–Trinajstić information content (AvgIpc) is 2.14. The molecule has 1 aromatic carbocycles. The van der Waals surface area contributed by atoms with Gasteiger partial charge in [0.25, 0.3) is 0 Å². The summed E-state index contributed by atoms with van der Waals surface area (Å²) >= 11 is -2.36. The van der Waals surface area contributed by atoms with Crippen LogP contribution in [0.3, 0.4) is 0 Å². The Bertz CT molecular complexity index is 333. The molecule has 1 unspecified atom stereocenters. The highest BCUT2D eigenvalue weighted by atomic mass is 32.2. The third-order valence-corrected chi connectivity index (χ3v) is 1.62. The molecule has 0 amide bonds. The molecule has 0 radical (unpaired) electrons. The standard InChI is InChI=1S/C9H9NO2S/c11-13(12)10-8-4-7-9-5-2-1-3-6-9/h1-8H,(H,11,12)/p-1. The van der Waals surface area contributed by atoms with E-state index < -0.39 is 11.3 Å². The van der Waals surface area contributed by atoms with Gasteiger partial charge in [0.15, 0.2) is 0 Å². The van der Waals surface area contributed by atoms with Gasteiger partial charge in [-0.2, -0.15) is 0 Å². The summed E-state index contributed by atoms with van der Waals surface area (Å²) < 4.78 is 23.1. The number of nitrogens with zero attached hydrogens (tertiary/aromatic N) is 1. The Kier molecular flexibility index (Phi) is 4.08. The van der Waals surface area contributed by atoms with E-state index in [4.69, 9.17) is 0 Å². The zero-order valence-electron chi connectivity index (χ0n) is 6.79. The molecule has 0 N–H and O–H groups in total. The molecular weight excluding hydrogens is 186 g/mol. The summed E-state index contributed by atoms with van der Waals surface area (Å²) in [6, 6.07) is 9.56. The second kappa shape index (κ2) is 5.40. The molecule has 0 saturated heterocycles. The van der Waals surface area contributed by atoms with E-state index >= 15 is 0 Å². The van der Waals surface area contributed by atoms with Crippen LogP contribution in [-0.4, -0.2) is 15.0 Å². The fourth-order valence-corrected chi connectivity index (χ4v) is 0.973.